The van der Waals surface area contributed by atoms with Crippen LogP contribution in [-0.4, -0.2) is 99.8 Å². The van der Waals surface area contributed by atoms with Crippen molar-refractivity contribution < 1.29 is 67.8 Å². The summed E-state index contributed by atoms with van der Waals surface area (Å²) in [6, 6.07) is 0. The molecule has 0 radical (unpaired) electrons. The van der Waals surface area contributed by atoms with Crippen LogP contribution in [-0.2, 0) is 52.5 Å². The molecule has 0 amide bonds. The number of aliphatic hydroxyl groups is 3. The van der Waals surface area contributed by atoms with Crippen molar-refractivity contribution in [1.29, 1.82) is 0 Å². The van der Waals surface area contributed by atoms with Gasteiger partial charge in [0.1, 0.15) is 31.0 Å². The number of hydrogen-bond donors (Lipinski definition) is 3. The molecule has 300 valence electrons. The summed E-state index contributed by atoms with van der Waals surface area (Å²) in [4.78, 5) is 81.7. The Labute approximate surface area is 323 Å². The van der Waals surface area contributed by atoms with Gasteiger partial charge in [0, 0.05) is 39.5 Å². The zero-order valence-corrected chi connectivity index (χ0v) is 32.4. The number of ether oxygens (including phenoxy) is 5. The first kappa shape index (κ1) is 37.4. The molecule has 13 atom stereocenters. The zero-order valence-electron chi connectivity index (χ0n) is 32.4. The lowest BCUT2D eigenvalue weighted by molar-refractivity contribution is -0.198. The summed E-state index contributed by atoms with van der Waals surface area (Å²) < 4.78 is 28.9. The van der Waals surface area contributed by atoms with Gasteiger partial charge in [0.05, 0.1) is 30.6 Å². The van der Waals surface area contributed by atoms with E-state index >= 15 is 0 Å². The van der Waals surface area contributed by atoms with Crippen LogP contribution in [0.3, 0.4) is 0 Å². The predicted molar refractivity (Wildman–Crippen MR) is 189 cm³/mol. The number of ketones is 1. The molecule has 5 fully saturated rings. The molecule has 2 heterocycles. The van der Waals surface area contributed by atoms with Crippen molar-refractivity contribution >= 4 is 35.6 Å². The maximum Gasteiger partial charge on any atom is 0.338 e. The van der Waals surface area contributed by atoms with Gasteiger partial charge in [-0.2, -0.15) is 0 Å². The second kappa shape index (κ2) is 11.7. The van der Waals surface area contributed by atoms with Crippen molar-refractivity contribution in [3.63, 3.8) is 0 Å². The van der Waals surface area contributed by atoms with Gasteiger partial charge in [0.2, 0.25) is 0 Å². The number of hydrogen-bond acceptors (Lipinski definition) is 14. The largest absolute Gasteiger partial charge is 0.463 e. The lowest BCUT2D eigenvalue weighted by Gasteiger charge is -2.63. The average Bonchev–Trinajstić information content (AvgIpc) is 4.07. The predicted octanol–water partition coefficient (Wildman–Crippen LogP) is 2.27. The van der Waals surface area contributed by atoms with Gasteiger partial charge in [-0.25, -0.2) is 14.4 Å². The maximum absolute atomic E-state index is 14.7. The molecule has 0 aromatic carbocycles. The maximum atomic E-state index is 14.7. The second-order valence-corrected chi connectivity index (χ2v) is 18.0. The van der Waals surface area contributed by atoms with Crippen LogP contribution in [0.25, 0.3) is 0 Å². The van der Waals surface area contributed by atoms with Gasteiger partial charge in [-0.05, 0) is 99.7 Å². The van der Waals surface area contributed by atoms with Crippen molar-refractivity contribution in [2.75, 3.05) is 19.8 Å². The van der Waals surface area contributed by atoms with Crippen molar-refractivity contribution in [2.45, 2.75) is 109 Å². The number of carbonyl (C=O) groups is 6. The summed E-state index contributed by atoms with van der Waals surface area (Å²) in [7, 11) is 0. The fourth-order valence-electron chi connectivity index (χ4n) is 13.1. The Balaban J connectivity index is 1.31. The Morgan fingerprint density at radius 1 is 0.946 bits per heavy atom. The average molecular weight is 777 g/mol. The fourth-order valence-corrected chi connectivity index (χ4v) is 13.1. The molecule has 14 nitrogen and oxygen atoms in total. The van der Waals surface area contributed by atoms with Crippen LogP contribution in [0.5, 0.6) is 0 Å². The molecule has 7 aliphatic carbocycles. The number of esters is 5. The third-order valence-corrected chi connectivity index (χ3v) is 15.8. The fraction of sp³-hybridized carbons (Fsp3) is 0.667. The van der Waals surface area contributed by atoms with Gasteiger partial charge in [0.25, 0.3) is 0 Å². The van der Waals surface area contributed by atoms with Gasteiger partial charge in [-0.1, -0.05) is 13.8 Å². The summed E-state index contributed by atoms with van der Waals surface area (Å²) in [5.41, 5.74) is -6.37. The van der Waals surface area contributed by atoms with E-state index in [1.165, 1.54) is 19.9 Å². The number of cyclic esters (lactones) is 3. The SMILES string of the molecule is CCOC(=O)/C(C)=C1\C(=O)[C@H](O)[C@]2(C)C3=C1[C@]14OC(=O)C5=C1C[C@H]1[C@](O)(C(C)OC(=O)C(C)=CCOC(=O)CCC(=O)OC5)[C@H]5C[C@H]5[C@]1(C)[C@@H]4C[C@]3(O)[C@H]1C[C@H]12. The Bertz CT molecular complexity index is 2070. The van der Waals surface area contributed by atoms with Crippen LogP contribution in [0.15, 0.2) is 45.1 Å². The molecule has 0 aromatic heterocycles. The van der Waals surface area contributed by atoms with Gasteiger partial charge in [-0.3, -0.25) is 14.4 Å². The molecule has 2 aliphatic heterocycles. The number of fused-ring (bicyclic) bond motifs is 7. The number of aliphatic hydroxyl groups excluding tert-OH is 1. The van der Waals surface area contributed by atoms with Gasteiger partial charge in [-0.15, -0.1) is 0 Å². The van der Waals surface area contributed by atoms with Crippen LogP contribution >= 0.6 is 0 Å². The van der Waals surface area contributed by atoms with Crippen molar-refractivity contribution in [1.82, 2.24) is 0 Å². The minimum atomic E-state index is -1.77. The molecule has 1 spiro atoms. The number of Topliss-reactive ketones (excluding diaryl/α,β-unsaturated/α-hetero) is 1. The van der Waals surface area contributed by atoms with Gasteiger partial charge >= 0.3 is 29.8 Å². The molecule has 56 heavy (non-hydrogen) atoms. The third kappa shape index (κ3) is 4.38. The van der Waals surface area contributed by atoms with Crippen molar-refractivity contribution in [3.05, 3.63) is 45.1 Å². The Hall–Kier alpha value is -4.14. The lowest BCUT2D eigenvalue weighted by atomic mass is 9.42. The van der Waals surface area contributed by atoms with Crippen LogP contribution in [0.2, 0.25) is 0 Å². The van der Waals surface area contributed by atoms with E-state index in [0.717, 1.165) is 0 Å². The monoisotopic (exact) mass is 776 g/mol. The topological polar surface area (TPSA) is 209 Å². The summed E-state index contributed by atoms with van der Waals surface area (Å²) in [6.45, 7) is 9.18. The summed E-state index contributed by atoms with van der Waals surface area (Å²) in [6.07, 6.45) is -0.789. The lowest BCUT2D eigenvalue weighted by Crippen LogP contribution is -2.67. The van der Waals surface area contributed by atoms with Crippen LogP contribution < -0.4 is 0 Å². The van der Waals surface area contributed by atoms with Gasteiger partial charge in [0.15, 0.2) is 11.4 Å². The van der Waals surface area contributed by atoms with E-state index in [9.17, 15) is 44.1 Å². The summed E-state index contributed by atoms with van der Waals surface area (Å²) >= 11 is 0. The second-order valence-electron chi connectivity index (χ2n) is 18.0. The zero-order chi connectivity index (χ0) is 40.2. The minimum Gasteiger partial charge on any atom is -0.463 e. The smallest absolute Gasteiger partial charge is 0.338 e. The molecular formula is C42H48O14. The normalized spacial score (nSPS) is 47.2. The van der Waals surface area contributed by atoms with E-state index in [1.54, 1.807) is 20.8 Å². The molecule has 9 rings (SSSR count). The third-order valence-electron chi connectivity index (χ3n) is 15.8. The molecule has 5 saturated carbocycles. The highest BCUT2D eigenvalue weighted by Gasteiger charge is 2.86. The van der Waals surface area contributed by atoms with Gasteiger partial charge < -0.3 is 39.0 Å². The summed E-state index contributed by atoms with van der Waals surface area (Å²) in [5.74, 6) is -7.17. The first-order valence-corrected chi connectivity index (χ1v) is 19.8. The molecule has 0 aromatic rings. The Morgan fingerprint density at radius 2 is 1.62 bits per heavy atom. The summed E-state index contributed by atoms with van der Waals surface area (Å²) in [5, 5.41) is 38.1. The van der Waals surface area contributed by atoms with E-state index in [0.29, 0.717) is 24.0 Å². The first-order chi connectivity index (χ1) is 26.3. The Kier molecular flexibility index (Phi) is 7.84. The first-order valence-electron chi connectivity index (χ1n) is 19.8. The highest BCUT2D eigenvalue weighted by atomic mass is 16.6. The molecule has 1 unspecified atom stereocenters. The molecule has 3 N–H and O–H groups in total. The quantitative estimate of drug-likeness (QED) is 0.209. The van der Waals surface area contributed by atoms with E-state index in [2.05, 4.69) is 0 Å². The highest BCUT2D eigenvalue weighted by Crippen LogP contribution is 2.84. The van der Waals surface area contributed by atoms with E-state index in [1.807, 2.05) is 6.92 Å². The van der Waals surface area contributed by atoms with E-state index in [4.69, 9.17) is 23.7 Å². The van der Waals surface area contributed by atoms with Crippen molar-refractivity contribution in [3.8, 4) is 0 Å². The van der Waals surface area contributed by atoms with Crippen LogP contribution in [0.4, 0.5) is 0 Å². The number of carbonyl (C=O) groups excluding carboxylic acids is 6. The van der Waals surface area contributed by atoms with E-state index in [-0.39, 0.29) is 90.4 Å². The Morgan fingerprint density at radius 3 is 2.32 bits per heavy atom. The molecule has 9 aliphatic rings. The standard InChI is InChI=1S/C42H48O14/c1-7-52-36(48)18(3)30-31-33-39(6,34(46)32(30)45)22-12-24(22)40(33,50)15-27-38(5)23-13-25(23)41(51)19(4)55-35(47)17(2)10-11-53-28(43)8-9-29(44)54-16-20-21(14-26(38)41)42(27,31)56-37(20)49/h10,19,22-27,34,46,50-51H,7-9,11-16H2,1-6H3/b17-10?,30-18-/t19?,22-,23-,24+,25+,26-,27+,34+,38+,39+,40+,41+,42+/m1/s1. The van der Waals surface area contributed by atoms with Crippen LogP contribution in [0, 0.1) is 46.3 Å². The number of rotatable bonds is 2. The molecular weight excluding hydrogens is 728 g/mol. The molecule has 0 saturated heterocycles. The van der Waals surface area contributed by atoms with Crippen LogP contribution in [0.1, 0.15) is 80.1 Å². The van der Waals surface area contributed by atoms with Crippen molar-refractivity contribution in [2.24, 2.45) is 46.3 Å². The minimum absolute atomic E-state index is 0.000576. The molecule has 14 heteroatoms. The highest BCUT2D eigenvalue weighted by molar-refractivity contribution is 6.12. The molecule has 2 bridgehead atoms. The van der Waals surface area contributed by atoms with E-state index < -0.39 is 93.9 Å².